The highest BCUT2D eigenvalue weighted by Crippen LogP contribution is 2.37. The van der Waals surface area contributed by atoms with Crippen LogP contribution in [0.1, 0.15) is 44.0 Å². The highest BCUT2D eigenvalue weighted by Gasteiger charge is 2.22. The first kappa shape index (κ1) is 24.9. The maximum atomic E-state index is 13.4. The van der Waals surface area contributed by atoms with Gasteiger partial charge in [0.1, 0.15) is 5.25 Å². The molecule has 0 spiro atoms. The van der Waals surface area contributed by atoms with Crippen molar-refractivity contribution in [3.8, 4) is 0 Å². The Kier molecular flexibility index (Phi) is 7.98. The predicted octanol–water partition coefficient (Wildman–Crippen LogP) is 6.92. The van der Waals surface area contributed by atoms with Crippen molar-refractivity contribution < 1.29 is 14.4 Å². The largest absolute Gasteiger partial charge is 0.325 e. The number of amides is 2. The Morgan fingerprint density at radius 1 is 0.722 bits per heavy atom. The maximum Gasteiger partial charge on any atom is 0.255 e. The van der Waals surface area contributed by atoms with E-state index in [-0.39, 0.29) is 17.6 Å². The average Bonchev–Trinajstić information content (AvgIpc) is 2.88. The minimum absolute atomic E-state index is 0.0278. The molecule has 6 heteroatoms. The standard InChI is InChI=1S/C30H26N2O3S/c1-20-9-6-7-14-27(20)29(34)32-25-12-8-13-26(19-25)36-28(23-10-4-3-5-11-23)30(35)31-24-17-15-22(16-18-24)21(2)33/h3-19,28H,1-2H3,(H,31,35)(H,32,34). The summed E-state index contributed by atoms with van der Waals surface area (Å²) < 4.78 is 0. The Bertz CT molecular complexity index is 1380. The first-order valence-corrected chi connectivity index (χ1v) is 12.4. The Hall–Kier alpha value is -4.16. The SMILES string of the molecule is CC(=O)c1ccc(NC(=O)C(Sc2cccc(NC(=O)c3ccccc3C)c2)c2ccccc2)cc1. The van der Waals surface area contributed by atoms with Gasteiger partial charge in [0.2, 0.25) is 5.91 Å². The molecule has 0 bridgehead atoms. The van der Waals surface area contributed by atoms with Crippen molar-refractivity contribution >= 4 is 40.7 Å². The highest BCUT2D eigenvalue weighted by molar-refractivity contribution is 8.00. The summed E-state index contributed by atoms with van der Waals surface area (Å²) in [5, 5.41) is 5.39. The van der Waals surface area contributed by atoms with E-state index in [1.54, 1.807) is 30.3 Å². The van der Waals surface area contributed by atoms with Gasteiger partial charge >= 0.3 is 0 Å². The molecule has 4 aromatic rings. The number of benzene rings is 4. The van der Waals surface area contributed by atoms with E-state index < -0.39 is 5.25 Å². The maximum absolute atomic E-state index is 13.4. The zero-order valence-electron chi connectivity index (χ0n) is 20.0. The van der Waals surface area contributed by atoms with Crippen LogP contribution in [0.5, 0.6) is 0 Å². The van der Waals surface area contributed by atoms with Crippen molar-refractivity contribution in [3.05, 3.63) is 125 Å². The first-order valence-electron chi connectivity index (χ1n) is 11.5. The molecule has 0 radical (unpaired) electrons. The number of carbonyl (C=O) groups excluding carboxylic acids is 3. The molecule has 36 heavy (non-hydrogen) atoms. The fraction of sp³-hybridized carbons (Fsp3) is 0.100. The normalized spacial score (nSPS) is 11.4. The molecule has 0 aromatic heterocycles. The molecule has 0 aliphatic carbocycles. The van der Waals surface area contributed by atoms with Gasteiger partial charge in [-0.1, -0.05) is 54.6 Å². The average molecular weight is 495 g/mol. The van der Waals surface area contributed by atoms with Crippen LogP contribution in [0.3, 0.4) is 0 Å². The third-order valence-electron chi connectivity index (χ3n) is 5.63. The molecule has 4 rings (SSSR count). The number of rotatable bonds is 8. The Labute approximate surface area is 214 Å². The number of hydrogen-bond donors (Lipinski definition) is 2. The van der Waals surface area contributed by atoms with E-state index >= 15 is 0 Å². The summed E-state index contributed by atoms with van der Waals surface area (Å²) in [6.45, 7) is 3.41. The van der Waals surface area contributed by atoms with Crippen LogP contribution in [0.25, 0.3) is 0 Å². The molecule has 180 valence electrons. The molecule has 1 unspecified atom stereocenters. The molecular weight excluding hydrogens is 468 g/mol. The molecule has 0 saturated carbocycles. The minimum atomic E-state index is -0.527. The lowest BCUT2D eigenvalue weighted by molar-refractivity contribution is -0.115. The molecule has 0 aliphatic rings. The van der Waals surface area contributed by atoms with Crippen molar-refractivity contribution in [1.29, 1.82) is 0 Å². The van der Waals surface area contributed by atoms with Gasteiger partial charge in [-0.3, -0.25) is 14.4 Å². The van der Waals surface area contributed by atoms with Crippen molar-refractivity contribution in [2.45, 2.75) is 24.0 Å². The van der Waals surface area contributed by atoms with Crippen LogP contribution in [0, 0.1) is 6.92 Å². The molecule has 2 amide bonds. The van der Waals surface area contributed by atoms with Crippen LogP contribution in [-0.4, -0.2) is 17.6 Å². The van der Waals surface area contributed by atoms with Gasteiger partial charge in [-0.05, 0) is 73.5 Å². The lowest BCUT2D eigenvalue weighted by Gasteiger charge is -2.18. The molecule has 0 saturated heterocycles. The Balaban J connectivity index is 1.54. The summed E-state index contributed by atoms with van der Waals surface area (Å²) in [4.78, 5) is 38.5. The quantitative estimate of drug-likeness (QED) is 0.206. The molecule has 0 heterocycles. The van der Waals surface area contributed by atoms with E-state index in [4.69, 9.17) is 0 Å². The highest BCUT2D eigenvalue weighted by atomic mass is 32.2. The summed E-state index contributed by atoms with van der Waals surface area (Å²) in [6.07, 6.45) is 0. The Morgan fingerprint density at radius 3 is 2.11 bits per heavy atom. The molecule has 0 aliphatic heterocycles. The van der Waals surface area contributed by atoms with Gasteiger partial charge in [0.05, 0.1) is 0 Å². The number of aryl methyl sites for hydroxylation is 1. The molecule has 1 atom stereocenters. The van der Waals surface area contributed by atoms with E-state index in [1.165, 1.54) is 18.7 Å². The first-order chi connectivity index (χ1) is 17.4. The summed E-state index contributed by atoms with van der Waals surface area (Å²) in [6, 6.07) is 31.3. The molecule has 5 nitrogen and oxygen atoms in total. The smallest absolute Gasteiger partial charge is 0.255 e. The lowest BCUT2D eigenvalue weighted by Crippen LogP contribution is -2.19. The van der Waals surface area contributed by atoms with Crippen LogP contribution in [0.15, 0.2) is 108 Å². The topological polar surface area (TPSA) is 75.3 Å². The van der Waals surface area contributed by atoms with E-state index in [2.05, 4.69) is 10.6 Å². The van der Waals surface area contributed by atoms with E-state index in [1.807, 2.05) is 79.7 Å². The number of Topliss-reactive ketones (excluding diaryl/α,β-unsaturated/α-hetero) is 1. The van der Waals surface area contributed by atoms with E-state index in [9.17, 15) is 14.4 Å². The third-order valence-corrected chi connectivity index (χ3v) is 6.88. The fourth-order valence-corrected chi connectivity index (χ4v) is 4.79. The van der Waals surface area contributed by atoms with Gasteiger partial charge in [0, 0.05) is 27.4 Å². The number of thioether (sulfide) groups is 1. The number of hydrogen-bond acceptors (Lipinski definition) is 4. The van der Waals surface area contributed by atoms with Crippen molar-refractivity contribution in [3.63, 3.8) is 0 Å². The van der Waals surface area contributed by atoms with Crippen LogP contribution < -0.4 is 10.6 Å². The third kappa shape index (κ3) is 6.29. The zero-order chi connectivity index (χ0) is 25.5. The number of anilines is 2. The minimum Gasteiger partial charge on any atom is -0.325 e. The lowest BCUT2D eigenvalue weighted by atomic mass is 10.1. The van der Waals surface area contributed by atoms with Gasteiger partial charge in [-0.25, -0.2) is 0 Å². The number of ketones is 1. The fourth-order valence-electron chi connectivity index (χ4n) is 3.71. The second kappa shape index (κ2) is 11.5. The second-order valence-corrected chi connectivity index (χ2v) is 9.51. The Morgan fingerprint density at radius 2 is 1.42 bits per heavy atom. The van der Waals surface area contributed by atoms with Crippen LogP contribution in [0.4, 0.5) is 11.4 Å². The summed E-state index contributed by atoms with van der Waals surface area (Å²) >= 11 is 1.40. The molecular formula is C30H26N2O3S. The van der Waals surface area contributed by atoms with Crippen molar-refractivity contribution in [1.82, 2.24) is 0 Å². The molecule has 2 N–H and O–H groups in total. The van der Waals surface area contributed by atoms with Gasteiger partial charge in [-0.2, -0.15) is 0 Å². The van der Waals surface area contributed by atoms with E-state index in [0.717, 1.165) is 16.0 Å². The monoisotopic (exact) mass is 494 g/mol. The number of nitrogens with one attached hydrogen (secondary N) is 2. The molecule has 0 fully saturated rings. The van der Waals surface area contributed by atoms with E-state index in [0.29, 0.717) is 22.5 Å². The van der Waals surface area contributed by atoms with Gasteiger partial charge in [0.15, 0.2) is 5.78 Å². The van der Waals surface area contributed by atoms with Gasteiger partial charge < -0.3 is 10.6 Å². The second-order valence-electron chi connectivity index (χ2n) is 8.33. The van der Waals surface area contributed by atoms with Crippen LogP contribution in [0.2, 0.25) is 0 Å². The van der Waals surface area contributed by atoms with Crippen LogP contribution in [-0.2, 0) is 4.79 Å². The van der Waals surface area contributed by atoms with Gasteiger partial charge in [-0.15, -0.1) is 11.8 Å². The summed E-state index contributed by atoms with van der Waals surface area (Å²) in [7, 11) is 0. The van der Waals surface area contributed by atoms with Crippen molar-refractivity contribution in [2.75, 3.05) is 10.6 Å². The molecule has 4 aromatic carbocycles. The van der Waals surface area contributed by atoms with Crippen LogP contribution >= 0.6 is 11.8 Å². The zero-order valence-corrected chi connectivity index (χ0v) is 20.8. The van der Waals surface area contributed by atoms with Crippen molar-refractivity contribution in [2.24, 2.45) is 0 Å². The predicted molar refractivity (Wildman–Crippen MR) is 146 cm³/mol. The van der Waals surface area contributed by atoms with Gasteiger partial charge in [0.25, 0.3) is 5.91 Å². The summed E-state index contributed by atoms with van der Waals surface area (Å²) in [5.41, 5.74) is 4.23. The number of carbonyl (C=O) groups is 3. The summed E-state index contributed by atoms with van der Waals surface area (Å²) in [5.74, 6) is -0.391.